The zero-order valence-electron chi connectivity index (χ0n) is 12.9. The van der Waals surface area contributed by atoms with Gasteiger partial charge < -0.3 is 4.90 Å². The molecular formula is C16H21N5O. The van der Waals surface area contributed by atoms with Crippen LogP contribution in [0.25, 0.3) is 5.82 Å². The summed E-state index contributed by atoms with van der Waals surface area (Å²) in [7, 11) is 0. The van der Waals surface area contributed by atoms with Gasteiger partial charge in [0.2, 0.25) is 5.91 Å². The first-order valence-corrected chi connectivity index (χ1v) is 7.80. The van der Waals surface area contributed by atoms with Gasteiger partial charge >= 0.3 is 0 Å². The Bertz CT molecular complexity index is 625. The number of hydrogen-bond donors (Lipinski definition) is 0. The Morgan fingerprint density at radius 2 is 2.27 bits per heavy atom. The molecule has 1 aliphatic heterocycles. The first-order chi connectivity index (χ1) is 10.7. The first-order valence-electron chi connectivity index (χ1n) is 7.80. The molecule has 22 heavy (non-hydrogen) atoms. The zero-order chi connectivity index (χ0) is 15.4. The van der Waals surface area contributed by atoms with Gasteiger partial charge in [-0.2, -0.15) is 0 Å². The summed E-state index contributed by atoms with van der Waals surface area (Å²) >= 11 is 0. The Kier molecular flexibility index (Phi) is 4.46. The lowest BCUT2D eigenvalue weighted by atomic mass is 9.97. The van der Waals surface area contributed by atoms with Crippen molar-refractivity contribution in [2.24, 2.45) is 0 Å². The van der Waals surface area contributed by atoms with Gasteiger partial charge in [-0.05, 0) is 32.1 Å². The van der Waals surface area contributed by atoms with Gasteiger partial charge in [0.25, 0.3) is 0 Å². The van der Waals surface area contributed by atoms with E-state index < -0.39 is 0 Å². The van der Waals surface area contributed by atoms with Gasteiger partial charge in [-0.15, -0.1) is 0 Å². The number of aromatic nitrogens is 4. The number of piperidine rings is 1. The fourth-order valence-corrected chi connectivity index (χ4v) is 3.09. The molecule has 0 radical (unpaired) electrons. The Hall–Kier alpha value is -2.24. The maximum absolute atomic E-state index is 11.7. The molecule has 1 fully saturated rings. The lowest BCUT2D eigenvalue weighted by Gasteiger charge is -2.35. The number of aryl methyl sites for hydroxylation is 1. The van der Waals surface area contributed by atoms with Crippen LogP contribution in [-0.4, -0.2) is 42.9 Å². The zero-order valence-corrected chi connectivity index (χ0v) is 12.9. The van der Waals surface area contributed by atoms with E-state index in [-0.39, 0.29) is 5.91 Å². The summed E-state index contributed by atoms with van der Waals surface area (Å²) in [6.45, 7) is 2.56. The molecule has 2 aromatic rings. The minimum Gasteiger partial charge on any atom is -0.340 e. The van der Waals surface area contributed by atoms with Gasteiger partial charge in [0.15, 0.2) is 0 Å². The molecule has 0 bridgehead atoms. The summed E-state index contributed by atoms with van der Waals surface area (Å²) in [4.78, 5) is 26.4. The third-order valence-electron chi connectivity index (χ3n) is 4.24. The lowest BCUT2D eigenvalue weighted by molar-refractivity contribution is -0.132. The van der Waals surface area contributed by atoms with E-state index in [1.165, 1.54) is 6.42 Å². The summed E-state index contributed by atoms with van der Waals surface area (Å²) in [5.74, 6) is 1.01. The number of imidazole rings is 1. The highest BCUT2D eigenvalue weighted by Gasteiger charge is 2.24. The maximum atomic E-state index is 11.7. The Balaban J connectivity index is 1.66. The summed E-state index contributed by atoms with van der Waals surface area (Å²) in [6, 6.07) is 2.33. The summed E-state index contributed by atoms with van der Waals surface area (Å²) in [6.07, 6.45) is 12.2. The van der Waals surface area contributed by atoms with E-state index >= 15 is 0 Å². The molecule has 3 heterocycles. The molecule has 1 saturated heterocycles. The van der Waals surface area contributed by atoms with Crippen molar-refractivity contribution in [2.45, 2.75) is 45.1 Å². The van der Waals surface area contributed by atoms with Gasteiger partial charge in [-0.25, -0.2) is 15.0 Å². The molecule has 0 N–H and O–H groups in total. The monoisotopic (exact) mass is 299 g/mol. The smallest absolute Gasteiger partial charge is 0.219 e. The van der Waals surface area contributed by atoms with Crippen molar-refractivity contribution in [3.63, 3.8) is 0 Å². The van der Waals surface area contributed by atoms with Gasteiger partial charge in [-0.3, -0.25) is 9.36 Å². The van der Waals surface area contributed by atoms with E-state index in [9.17, 15) is 4.79 Å². The van der Waals surface area contributed by atoms with Crippen LogP contribution >= 0.6 is 0 Å². The van der Waals surface area contributed by atoms with Gasteiger partial charge in [0.05, 0.1) is 0 Å². The van der Waals surface area contributed by atoms with E-state index in [0.717, 1.165) is 43.7 Å². The van der Waals surface area contributed by atoms with E-state index in [4.69, 9.17) is 0 Å². The lowest BCUT2D eigenvalue weighted by Crippen LogP contribution is -2.42. The SMILES string of the molecule is CC(=O)N1CCCC[C@H]1CCc1cc(-n2ccnc2)ncn1. The van der Waals surface area contributed by atoms with Crippen molar-refractivity contribution < 1.29 is 4.79 Å². The normalized spacial score (nSPS) is 18.4. The number of nitrogens with zero attached hydrogens (tertiary/aromatic N) is 5. The molecule has 2 aromatic heterocycles. The molecule has 3 rings (SSSR count). The van der Waals surface area contributed by atoms with Gasteiger partial charge in [0.1, 0.15) is 18.5 Å². The average molecular weight is 299 g/mol. The van der Waals surface area contributed by atoms with Crippen LogP contribution in [0.15, 0.2) is 31.1 Å². The van der Waals surface area contributed by atoms with Crippen LogP contribution < -0.4 is 0 Å². The van der Waals surface area contributed by atoms with E-state index in [0.29, 0.717) is 6.04 Å². The highest BCUT2D eigenvalue weighted by Crippen LogP contribution is 2.21. The number of rotatable bonds is 4. The van der Waals surface area contributed by atoms with E-state index in [1.807, 2.05) is 21.7 Å². The molecule has 0 aromatic carbocycles. The molecular weight excluding hydrogens is 278 g/mol. The minimum absolute atomic E-state index is 0.187. The maximum Gasteiger partial charge on any atom is 0.219 e. The van der Waals surface area contributed by atoms with Crippen LogP contribution in [0.2, 0.25) is 0 Å². The third kappa shape index (κ3) is 3.32. The van der Waals surface area contributed by atoms with Crippen LogP contribution in [0.4, 0.5) is 0 Å². The molecule has 1 aliphatic rings. The van der Waals surface area contributed by atoms with Crippen molar-refractivity contribution in [1.82, 2.24) is 24.4 Å². The van der Waals surface area contributed by atoms with Gasteiger partial charge in [0, 0.05) is 43.7 Å². The van der Waals surface area contributed by atoms with Crippen LogP contribution in [0.1, 0.15) is 38.3 Å². The molecule has 0 aliphatic carbocycles. The molecule has 1 atom stereocenters. The Morgan fingerprint density at radius 3 is 3.05 bits per heavy atom. The fraction of sp³-hybridized carbons (Fsp3) is 0.500. The van der Waals surface area contributed by atoms with Crippen LogP contribution in [0.5, 0.6) is 0 Å². The molecule has 0 unspecified atom stereocenters. The number of amides is 1. The molecule has 0 saturated carbocycles. The van der Waals surface area contributed by atoms with Crippen molar-refractivity contribution in [2.75, 3.05) is 6.54 Å². The van der Waals surface area contributed by atoms with Crippen LogP contribution in [0.3, 0.4) is 0 Å². The van der Waals surface area contributed by atoms with E-state index in [2.05, 4.69) is 15.0 Å². The first kappa shape index (κ1) is 14.7. The summed E-state index contributed by atoms with van der Waals surface area (Å²) < 4.78 is 1.87. The number of likely N-dealkylation sites (tertiary alicyclic amines) is 1. The minimum atomic E-state index is 0.187. The van der Waals surface area contributed by atoms with Crippen molar-refractivity contribution in [1.29, 1.82) is 0 Å². The molecule has 0 spiro atoms. The number of hydrogen-bond acceptors (Lipinski definition) is 4. The Labute approximate surface area is 130 Å². The van der Waals surface area contributed by atoms with Crippen LogP contribution in [-0.2, 0) is 11.2 Å². The highest BCUT2D eigenvalue weighted by atomic mass is 16.2. The summed E-state index contributed by atoms with van der Waals surface area (Å²) in [5.41, 5.74) is 1.01. The number of carbonyl (C=O) groups excluding carboxylic acids is 1. The second-order valence-corrected chi connectivity index (χ2v) is 5.74. The molecule has 1 amide bonds. The van der Waals surface area contributed by atoms with Gasteiger partial charge in [-0.1, -0.05) is 0 Å². The van der Waals surface area contributed by atoms with Crippen molar-refractivity contribution in [3.8, 4) is 5.82 Å². The number of carbonyl (C=O) groups is 1. The topological polar surface area (TPSA) is 63.9 Å². The predicted molar refractivity (Wildman–Crippen MR) is 82.5 cm³/mol. The largest absolute Gasteiger partial charge is 0.340 e. The second kappa shape index (κ2) is 6.68. The Morgan fingerprint density at radius 1 is 1.36 bits per heavy atom. The third-order valence-corrected chi connectivity index (χ3v) is 4.24. The standard InChI is InChI=1S/C16H21N5O/c1-13(22)21-8-3-2-4-15(21)6-5-14-10-16(19-11-18-14)20-9-7-17-12-20/h7,9-12,15H,2-6,8H2,1H3/t15-/m0/s1. The fourth-order valence-electron chi connectivity index (χ4n) is 3.09. The molecule has 6 heteroatoms. The highest BCUT2D eigenvalue weighted by molar-refractivity contribution is 5.73. The average Bonchev–Trinajstić information content (AvgIpc) is 3.08. The second-order valence-electron chi connectivity index (χ2n) is 5.74. The quantitative estimate of drug-likeness (QED) is 0.866. The van der Waals surface area contributed by atoms with Crippen molar-refractivity contribution >= 4 is 5.91 Å². The summed E-state index contributed by atoms with van der Waals surface area (Å²) in [5, 5.41) is 0. The molecule has 116 valence electrons. The molecule has 6 nitrogen and oxygen atoms in total. The van der Waals surface area contributed by atoms with E-state index in [1.54, 1.807) is 25.8 Å². The van der Waals surface area contributed by atoms with Crippen LogP contribution in [0, 0.1) is 0 Å². The van der Waals surface area contributed by atoms with Crippen molar-refractivity contribution in [3.05, 3.63) is 36.8 Å². The predicted octanol–water partition coefficient (Wildman–Crippen LogP) is 2.00.